The first kappa shape index (κ1) is 21.8. The quantitative estimate of drug-likeness (QED) is 0.525. The number of aromatic nitrogens is 1. The molecule has 0 saturated carbocycles. The van der Waals surface area contributed by atoms with Gasteiger partial charge in [0.05, 0.1) is 0 Å². The Labute approximate surface area is 196 Å². The lowest BCUT2D eigenvalue weighted by molar-refractivity contribution is -0.137. The van der Waals surface area contributed by atoms with Crippen LogP contribution in [0.4, 0.5) is 4.79 Å². The van der Waals surface area contributed by atoms with Crippen LogP contribution in [-0.2, 0) is 22.6 Å². The fraction of sp³-hybridized carbons (Fsp3) is 0.320. The summed E-state index contributed by atoms with van der Waals surface area (Å²) in [6.45, 7) is 3.34. The maximum Gasteiger partial charge on any atom is 0.325 e. The first-order chi connectivity index (χ1) is 16.5. The molecule has 9 heteroatoms. The molecule has 5 rings (SSSR count). The molecule has 2 aliphatic heterocycles. The number of amides is 4. The Morgan fingerprint density at radius 3 is 2.74 bits per heavy atom. The first-order valence-electron chi connectivity index (χ1n) is 11.4. The molecule has 3 aromatic rings. The lowest BCUT2D eigenvalue weighted by Crippen LogP contribution is -2.43. The zero-order valence-electron chi connectivity index (χ0n) is 18.9. The van der Waals surface area contributed by atoms with Gasteiger partial charge in [-0.1, -0.05) is 24.3 Å². The number of likely N-dealkylation sites (N-methyl/N-ethyl adjacent to an activating group) is 1. The number of nitrogens with zero attached hydrogens (tertiary/aromatic N) is 2. The van der Waals surface area contributed by atoms with Crippen molar-refractivity contribution in [2.24, 2.45) is 0 Å². The molecular weight excluding hydrogens is 436 g/mol. The van der Waals surface area contributed by atoms with Crippen molar-refractivity contribution in [3.63, 3.8) is 0 Å². The van der Waals surface area contributed by atoms with E-state index in [9.17, 15) is 14.4 Å². The molecule has 4 amide bonds. The molecule has 0 aliphatic carbocycles. The summed E-state index contributed by atoms with van der Waals surface area (Å²) in [4.78, 5) is 44.3. The third kappa shape index (κ3) is 4.16. The van der Waals surface area contributed by atoms with E-state index in [-0.39, 0.29) is 18.4 Å². The lowest BCUT2D eigenvalue weighted by atomic mass is 10.1. The van der Waals surface area contributed by atoms with Gasteiger partial charge in [-0.25, -0.2) is 4.79 Å². The Kier molecular flexibility index (Phi) is 5.83. The van der Waals surface area contributed by atoms with Crippen molar-refractivity contribution in [1.29, 1.82) is 0 Å². The Morgan fingerprint density at radius 2 is 1.91 bits per heavy atom. The molecular formula is C25H26N4O5. The summed E-state index contributed by atoms with van der Waals surface area (Å²) in [6.07, 6.45) is 2.21. The summed E-state index contributed by atoms with van der Waals surface area (Å²) < 4.78 is 11.2. The Hall–Kier alpha value is -4.01. The summed E-state index contributed by atoms with van der Waals surface area (Å²) in [5, 5.41) is 3.74. The molecule has 3 heterocycles. The van der Waals surface area contributed by atoms with Crippen LogP contribution < -0.4 is 14.8 Å². The maximum atomic E-state index is 13.0. The second-order valence-corrected chi connectivity index (χ2v) is 8.38. The first-order valence-corrected chi connectivity index (χ1v) is 11.4. The normalized spacial score (nSPS) is 17.2. The number of rotatable bonds is 7. The van der Waals surface area contributed by atoms with Crippen molar-refractivity contribution in [2.75, 3.05) is 26.3 Å². The monoisotopic (exact) mass is 462 g/mol. The molecule has 34 heavy (non-hydrogen) atoms. The van der Waals surface area contributed by atoms with E-state index in [0.717, 1.165) is 26.9 Å². The molecule has 1 aromatic heterocycles. The van der Waals surface area contributed by atoms with Gasteiger partial charge in [0.2, 0.25) is 5.91 Å². The van der Waals surface area contributed by atoms with E-state index in [2.05, 4.69) is 10.3 Å². The zero-order chi connectivity index (χ0) is 23.7. The minimum atomic E-state index is -0.702. The molecule has 176 valence electrons. The largest absolute Gasteiger partial charge is 0.486 e. The number of nitrogens with one attached hydrogen (secondary N) is 2. The molecule has 9 nitrogen and oxygen atoms in total. The minimum Gasteiger partial charge on any atom is -0.486 e. The number of hydrogen-bond acceptors (Lipinski definition) is 5. The Bertz CT molecular complexity index is 1250. The standard InChI is InChI=1S/C25H26N4O5/c1-2-28(14-16-7-8-21-22(11-16)34-10-9-33-21)23(30)15-29-24(31)20(27-25(29)32)12-17-13-26-19-6-4-3-5-18(17)19/h3-8,11,13,20,26H,2,9-10,12,14-15H2,1H3,(H,27,32). The molecule has 2 N–H and O–H groups in total. The Balaban J connectivity index is 1.24. The molecule has 1 saturated heterocycles. The number of benzene rings is 2. The average molecular weight is 463 g/mol. The van der Waals surface area contributed by atoms with Crippen LogP contribution in [0.3, 0.4) is 0 Å². The molecule has 1 unspecified atom stereocenters. The van der Waals surface area contributed by atoms with Crippen molar-refractivity contribution < 1.29 is 23.9 Å². The van der Waals surface area contributed by atoms with Gasteiger partial charge in [0, 0.05) is 36.6 Å². The van der Waals surface area contributed by atoms with E-state index in [1.165, 1.54) is 0 Å². The number of urea groups is 1. The highest BCUT2D eigenvalue weighted by atomic mass is 16.6. The van der Waals surface area contributed by atoms with Gasteiger partial charge >= 0.3 is 6.03 Å². The van der Waals surface area contributed by atoms with Crippen LogP contribution in [0.1, 0.15) is 18.1 Å². The van der Waals surface area contributed by atoms with Gasteiger partial charge in [-0.05, 0) is 36.2 Å². The minimum absolute atomic E-state index is 0.298. The van der Waals surface area contributed by atoms with E-state index in [1.54, 1.807) is 4.90 Å². The van der Waals surface area contributed by atoms with Gasteiger partial charge in [-0.3, -0.25) is 14.5 Å². The fourth-order valence-electron chi connectivity index (χ4n) is 4.40. The number of H-pyrrole nitrogens is 1. The summed E-state index contributed by atoms with van der Waals surface area (Å²) in [7, 11) is 0. The summed E-state index contributed by atoms with van der Waals surface area (Å²) >= 11 is 0. The summed E-state index contributed by atoms with van der Waals surface area (Å²) in [5.41, 5.74) is 2.80. The number of fused-ring (bicyclic) bond motifs is 2. The molecule has 1 atom stereocenters. The van der Waals surface area contributed by atoms with Crippen molar-refractivity contribution >= 4 is 28.7 Å². The number of aromatic amines is 1. The van der Waals surface area contributed by atoms with Crippen molar-refractivity contribution in [3.05, 3.63) is 59.8 Å². The Morgan fingerprint density at radius 1 is 1.12 bits per heavy atom. The van der Waals surface area contributed by atoms with E-state index < -0.39 is 12.1 Å². The number of para-hydroxylation sites is 1. The van der Waals surface area contributed by atoms with Gasteiger partial charge < -0.3 is 24.7 Å². The van der Waals surface area contributed by atoms with E-state index in [4.69, 9.17) is 9.47 Å². The van der Waals surface area contributed by atoms with Gasteiger partial charge in [0.15, 0.2) is 11.5 Å². The van der Waals surface area contributed by atoms with Gasteiger partial charge in [-0.15, -0.1) is 0 Å². The second kappa shape index (κ2) is 9.09. The number of imide groups is 1. The maximum absolute atomic E-state index is 13.0. The highest BCUT2D eigenvalue weighted by molar-refractivity contribution is 6.06. The fourth-order valence-corrected chi connectivity index (χ4v) is 4.40. The number of hydrogen-bond donors (Lipinski definition) is 2. The molecule has 2 aliphatic rings. The molecule has 2 aromatic carbocycles. The molecule has 0 radical (unpaired) electrons. The second-order valence-electron chi connectivity index (χ2n) is 8.38. The van der Waals surface area contributed by atoms with Crippen molar-refractivity contribution in [3.8, 4) is 11.5 Å². The van der Waals surface area contributed by atoms with Gasteiger partial charge in [0.1, 0.15) is 25.8 Å². The highest BCUT2D eigenvalue weighted by Crippen LogP contribution is 2.31. The highest BCUT2D eigenvalue weighted by Gasteiger charge is 2.39. The SMILES string of the molecule is CCN(Cc1ccc2c(c1)OCCO2)C(=O)CN1C(=O)NC(Cc2c[nH]c3ccccc23)C1=O. The van der Waals surface area contributed by atoms with Crippen LogP contribution in [0.15, 0.2) is 48.7 Å². The predicted octanol–water partition coefficient (Wildman–Crippen LogP) is 2.45. The lowest BCUT2D eigenvalue weighted by Gasteiger charge is -2.24. The van der Waals surface area contributed by atoms with Gasteiger partial charge in [-0.2, -0.15) is 0 Å². The molecule has 0 spiro atoms. The van der Waals surface area contributed by atoms with Gasteiger partial charge in [0.25, 0.3) is 5.91 Å². The summed E-state index contributed by atoms with van der Waals surface area (Å²) in [6, 6.07) is 12.1. The van der Waals surface area contributed by atoms with Crippen LogP contribution in [-0.4, -0.2) is 65.0 Å². The third-order valence-corrected chi connectivity index (χ3v) is 6.21. The average Bonchev–Trinajstić information content (AvgIpc) is 3.38. The number of carbonyl (C=O) groups is 3. The molecule has 0 bridgehead atoms. The third-order valence-electron chi connectivity index (χ3n) is 6.21. The van der Waals surface area contributed by atoms with E-state index >= 15 is 0 Å². The molecule has 1 fully saturated rings. The van der Waals surface area contributed by atoms with E-state index in [1.807, 2.05) is 55.6 Å². The predicted molar refractivity (Wildman–Crippen MR) is 125 cm³/mol. The van der Waals surface area contributed by atoms with Crippen LogP contribution in [0.25, 0.3) is 10.9 Å². The smallest absolute Gasteiger partial charge is 0.325 e. The van der Waals surface area contributed by atoms with Crippen molar-refractivity contribution in [2.45, 2.75) is 25.9 Å². The van der Waals surface area contributed by atoms with Crippen LogP contribution in [0.5, 0.6) is 11.5 Å². The van der Waals surface area contributed by atoms with Crippen LogP contribution in [0, 0.1) is 0 Å². The topological polar surface area (TPSA) is 104 Å². The zero-order valence-corrected chi connectivity index (χ0v) is 18.9. The summed E-state index contributed by atoms with van der Waals surface area (Å²) in [5.74, 6) is 0.652. The number of ether oxygens (including phenoxy) is 2. The number of carbonyl (C=O) groups excluding carboxylic acids is 3. The van der Waals surface area contributed by atoms with Crippen LogP contribution >= 0.6 is 0 Å². The van der Waals surface area contributed by atoms with E-state index in [0.29, 0.717) is 44.2 Å². The van der Waals surface area contributed by atoms with Crippen molar-refractivity contribution in [1.82, 2.24) is 20.1 Å². The van der Waals surface area contributed by atoms with Crippen LogP contribution in [0.2, 0.25) is 0 Å².